The number of para-hydroxylation sites is 1. The lowest BCUT2D eigenvalue weighted by Gasteiger charge is -2.10. The zero-order valence-corrected chi connectivity index (χ0v) is 10.7. The molecule has 2 aromatic rings. The highest BCUT2D eigenvalue weighted by atomic mass is 16.5. The van der Waals surface area contributed by atoms with Crippen molar-refractivity contribution in [1.29, 1.82) is 0 Å². The summed E-state index contributed by atoms with van der Waals surface area (Å²) in [6.45, 7) is 0. The van der Waals surface area contributed by atoms with Crippen LogP contribution in [0.1, 0.15) is 10.4 Å². The van der Waals surface area contributed by atoms with E-state index in [1.165, 1.54) is 19.2 Å². The van der Waals surface area contributed by atoms with Gasteiger partial charge in [0.05, 0.1) is 14.2 Å². The molecule has 0 unspecified atom stereocenters. The summed E-state index contributed by atoms with van der Waals surface area (Å²) in [5.74, 6) is 0.0204. The third kappa shape index (κ3) is 2.52. The number of phenolic OH excluding ortho intramolecular Hbond substituents is 1. The van der Waals surface area contributed by atoms with Crippen molar-refractivity contribution in [3.63, 3.8) is 0 Å². The maximum atomic E-state index is 11.4. The molecule has 0 aliphatic heterocycles. The van der Waals surface area contributed by atoms with Gasteiger partial charge in [0.1, 0.15) is 17.1 Å². The van der Waals surface area contributed by atoms with E-state index in [1.807, 2.05) is 24.3 Å². The van der Waals surface area contributed by atoms with Crippen molar-refractivity contribution in [2.24, 2.45) is 0 Å². The van der Waals surface area contributed by atoms with Gasteiger partial charge in [0, 0.05) is 5.56 Å². The highest BCUT2D eigenvalue weighted by Crippen LogP contribution is 2.32. The van der Waals surface area contributed by atoms with E-state index in [1.54, 1.807) is 13.2 Å². The van der Waals surface area contributed by atoms with Crippen LogP contribution in [0, 0.1) is 0 Å². The minimum atomic E-state index is -0.566. The topological polar surface area (TPSA) is 55.8 Å². The van der Waals surface area contributed by atoms with E-state index in [9.17, 15) is 9.90 Å². The molecule has 0 aliphatic rings. The number of phenols is 1. The predicted octanol–water partition coefficient (Wildman–Crippen LogP) is 2.85. The van der Waals surface area contributed by atoms with Gasteiger partial charge in [0.15, 0.2) is 0 Å². The second-order valence-corrected chi connectivity index (χ2v) is 3.92. The smallest absolute Gasteiger partial charge is 0.341 e. The molecule has 19 heavy (non-hydrogen) atoms. The number of methoxy groups -OCH3 is 2. The molecule has 0 spiro atoms. The van der Waals surface area contributed by atoms with E-state index in [2.05, 4.69) is 4.74 Å². The Morgan fingerprint density at radius 1 is 1.11 bits per heavy atom. The van der Waals surface area contributed by atoms with Crippen molar-refractivity contribution in [2.45, 2.75) is 0 Å². The van der Waals surface area contributed by atoms with Crippen LogP contribution in [-0.2, 0) is 4.74 Å². The van der Waals surface area contributed by atoms with E-state index >= 15 is 0 Å². The largest absolute Gasteiger partial charge is 0.507 e. The third-order valence-electron chi connectivity index (χ3n) is 2.82. The number of benzene rings is 2. The molecule has 0 radical (unpaired) electrons. The minimum Gasteiger partial charge on any atom is -0.507 e. The predicted molar refractivity (Wildman–Crippen MR) is 71.4 cm³/mol. The normalized spacial score (nSPS) is 10.0. The Bertz CT molecular complexity index is 605. The first kappa shape index (κ1) is 13.0. The Labute approximate surface area is 111 Å². The maximum Gasteiger partial charge on any atom is 0.341 e. The summed E-state index contributed by atoms with van der Waals surface area (Å²) < 4.78 is 9.85. The molecule has 0 atom stereocenters. The molecule has 0 aliphatic carbocycles. The van der Waals surface area contributed by atoms with Crippen molar-refractivity contribution in [1.82, 2.24) is 0 Å². The first-order valence-corrected chi connectivity index (χ1v) is 5.72. The molecule has 2 rings (SSSR count). The van der Waals surface area contributed by atoms with Crippen LogP contribution in [0.3, 0.4) is 0 Å². The SMILES string of the molecule is COC(=O)c1ccc(-c2ccccc2OC)cc1O. The number of hydrogen-bond acceptors (Lipinski definition) is 4. The third-order valence-corrected chi connectivity index (χ3v) is 2.82. The number of ether oxygens (including phenoxy) is 2. The van der Waals surface area contributed by atoms with Crippen molar-refractivity contribution < 1.29 is 19.4 Å². The molecule has 4 heteroatoms. The Kier molecular flexibility index (Phi) is 3.71. The maximum absolute atomic E-state index is 11.4. The number of hydrogen-bond donors (Lipinski definition) is 1. The van der Waals surface area contributed by atoms with Gasteiger partial charge in [-0.25, -0.2) is 4.79 Å². The molecule has 1 N–H and O–H groups in total. The fourth-order valence-electron chi connectivity index (χ4n) is 1.86. The summed E-state index contributed by atoms with van der Waals surface area (Å²) in [6, 6.07) is 12.2. The number of esters is 1. The Morgan fingerprint density at radius 3 is 2.47 bits per heavy atom. The first-order chi connectivity index (χ1) is 9.17. The lowest BCUT2D eigenvalue weighted by molar-refractivity contribution is 0.0597. The number of carbonyl (C=O) groups is 1. The highest BCUT2D eigenvalue weighted by Gasteiger charge is 2.13. The molecule has 0 heterocycles. The van der Waals surface area contributed by atoms with E-state index in [0.29, 0.717) is 5.75 Å². The van der Waals surface area contributed by atoms with Crippen LogP contribution >= 0.6 is 0 Å². The number of rotatable bonds is 3. The van der Waals surface area contributed by atoms with Gasteiger partial charge in [-0.05, 0) is 23.8 Å². The van der Waals surface area contributed by atoms with E-state index in [0.717, 1.165) is 11.1 Å². The molecule has 98 valence electrons. The molecular weight excluding hydrogens is 244 g/mol. The molecule has 0 saturated heterocycles. The van der Waals surface area contributed by atoms with E-state index < -0.39 is 5.97 Å². The summed E-state index contributed by atoms with van der Waals surface area (Å²) in [5.41, 5.74) is 1.75. The Hall–Kier alpha value is -2.49. The summed E-state index contributed by atoms with van der Waals surface area (Å²) in [6.07, 6.45) is 0. The van der Waals surface area contributed by atoms with Gasteiger partial charge in [0.2, 0.25) is 0 Å². The average molecular weight is 258 g/mol. The Morgan fingerprint density at radius 2 is 1.84 bits per heavy atom. The zero-order chi connectivity index (χ0) is 13.8. The second-order valence-electron chi connectivity index (χ2n) is 3.92. The standard InChI is InChI=1S/C15H14O4/c1-18-14-6-4-3-5-11(14)10-7-8-12(13(16)9-10)15(17)19-2/h3-9,16H,1-2H3. The monoisotopic (exact) mass is 258 g/mol. The fraction of sp³-hybridized carbons (Fsp3) is 0.133. The van der Waals surface area contributed by atoms with Gasteiger partial charge in [0.25, 0.3) is 0 Å². The van der Waals surface area contributed by atoms with Crippen molar-refractivity contribution in [3.05, 3.63) is 48.0 Å². The minimum absolute atomic E-state index is 0.116. The van der Waals surface area contributed by atoms with Crippen molar-refractivity contribution in [3.8, 4) is 22.6 Å². The molecular formula is C15H14O4. The van der Waals surface area contributed by atoms with Gasteiger partial charge in [-0.1, -0.05) is 24.3 Å². The fourth-order valence-corrected chi connectivity index (χ4v) is 1.86. The summed E-state index contributed by atoms with van der Waals surface area (Å²) in [5, 5.41) is 9.88. The van der Waals surface area contributed by atoms with Crippen LogP contribution in [0.15, 0.2) is 42.5 Å². The first-order valence-electron chi connectivity index (χ1n) is 5.72. The summed E-state index contributed by atoms with van der Waals surface area (Å²) in [7, 11) is 2.86. The van der Waals surface area contributed by atoms with Crippen LogP contribution in [0.4, 0.5) is 0 Å². The summed E-state index contributed by atoms with van der Waals surface area (Å²) in [4.78, 5) is 11.4. The van der Waals surface area contributed by atoms with Crippen LogP contribution in [-0.4, -0.2) is 25.3 Å². The molecule has 0 amide bonds. The molecule has 0 aromatic heterocycles. The molecule has 0 saturated carbocycles. The zero-order valence-electron chi connectivity index (χ0n) is 10.7. The molecule has 4 nitrogen and oxygen atoms in total. The number of aromatic hydroxyl groups is 1. The van der Waals surface area contributed by atoms with Crippen molar-refractivity contribution in [2.75, 3.05) is 14.2 Å². The Balaban J connectivity index is 2.47. The summed E-state index contributed by atoms with van der Waals surface area (Å²) >= 11 is 0. The average Bonchev–Trinajstić information content (AvgIpc) is 2.46. The lowest BCUT2D eigenvalue weighted by atomic mass is 10.0. The molecule has 0 bridgehead atoms. The van der Waals surface area contributed by atoms with Gasteiger partial charge < -0.3 is 14.6 Å². The van der Waals surface area contributed by atoms with Crippen LogP contribution in [0.25, 0.3) is 11.1 Å². The van der Waals surface area contributed by atoms with Gasteiger partial charge in [-0.3, -0.25) is 0 Å². The second kappa shape index (κ2) is 5.44. The molecule has 0 fully saturated rings. The van der Waals surface area contributed by atoms with Crippen molar-refractivity contribution >= 4 is 5.97 Å². The van der Waals surface area contributed by atoms with Gasteiger partial charge >= 0.3 is 5.97 Å². The van der Waals surface area contributed by atoms with Crippen LogP contribution in [0.5, 0.6) is 11.5 Å². The van der Waals surface area contributed by atoms with Gasteiger partial charge in [-0.2, -0.15) is 0 Å². The highest BCUT2D eigenvalue weighted by molar-refractivity contribution is 5.93. The van der Waals surface area contributed by atoms with E-state index in [-0.39, 0.29) is 11.3 Å². The van der Waals surface area contributed by atoms with Gasteiger partial charge in [-0.15, -0.1) is 0 Å². The number of carbonyl (C=O) groups excluding carboxylic acids is 1. The quantitative estimate of drug-likeness (QED) is 0.860. The molecule has 2 aromatic carbocycles. The van der Waals surface area contributed by atoms with Crippen LogP contribution in [0.2, 0.25) is 0 Å². The van der Waals surface area contributed by atoms with E-state index in [4.69, 9.17) is 4.74 Å². The van der Waals surface area contributed by atoms with Crippen LogP contribution < -0.4 is 4.74 Å². The lowest BCUT2D eigenvalue weighted by Crippen LogP contribution is -2.01.